The van der Waals surface area contributed by atoms with Crippen LogP contribution < -0.4 is 5.73 Å². The van der Waals surface area contributed by atoms with Gasteiger partial charge >= 0.3 is 0 Å². The molecule has 0 fully saturated rings. The molecular weight excluding hydrogens is 188 g/mol. The van der Waals surface area contributed by atoms with Crippen LogP contribution in [0.3, 0.4) is 0 Å². The second-order valence-electron chi connectivity index (χ2n) is 3.52. The molecule has 0 spiro atoms. The number of benzene rings is 1. The highest BCUT2D eigenvalue weighted by molar-refractivity contribution is 5.78. The fourth-order valence-corrected chi connectivity index (χ4v) is 1.57. The first-order valence-electron chi connectivity index (χ1n) is 5.05. The van der Waals surface area contributed by atoms with Gasteiger partial charge in [-0.25, -0.2) is 0 Å². The molecule has 0 amide bonds. The van der Waals surface area contributed by atoms with Gasteiger partial charge in [0.1, 0.15) is 0 Å². The van der Waals surface area contributed by atoms with E-state index in [1.165, 1.54) is 0 Å². The van der Waals surface area contributed by atoms with Crippen LogP contribution in [-0.2, 0) is 0 Å². The van der Waals surface area contributed by atoms with Gasteiger partial charge < -0.3 is 10.8 Å². The third-order valence-electron chi connectivity index (χ3n) is 2.40. The Hall–Kier alpha value is -1.45. The van der Waals surface area contributed by atoms with Crippen molar-refractivity contribution in [3.63, 3.8) is 0 Å². The van der Waals surface area contributed by atoms with Crippen LogP contribution in [0.5, 0.6) is 0 Å². The number of hydrogen-bond acceptors (Lipinski definition) is 3. The van der Waals surface area contributed by atoms with Gasteiger partial charge in [0, 0.05) is 5.39 Å². The number of aromatic nitrogens is 1. The second-order valence-corrected chi connectivity index (χ2v) is 3.52. The lowest BCUT2D eigenvalue weighted by Crippen LogP contribution is -2.08. The Morgan fingerprint density at radius 3 is 2.80 bits per heavy atom. The SMILES string of the molecule is NCC[C@@H](O)c1ccc2ccccc2n1. The van der Waals surface area contributed by atoms with Gasteiger partial charge in [-0.1, -0.05) is 24.3 Å². The van der Waals surface area contributed by atoms with Crippen LogP contribution in [0.25, 0.3) is 10.9 Å². The number of rotatable bonds is 3. The molecule has 3 heteroatoms. The van der Waals surface area contributed by atoms with Crippen LogP contribution in [0.15, 0.2) is 36.4 Å². The van der Waals surface area contributed by atoms with E-state index < -0.39 is 6.10 Å². The molecule has 0 radical (unpaired) electrons. The standard InChI is InChI=1S/C12H14N2O/c13-8-7-12(15)11-6-5-9-3-1-2-4-10(9)14-11/h1-6,12,15H,7-8,13H2/t12-/m1/s1. The molecule has 0 aliphatic rings. The third-order valence-corrected chi connectivity index (χ3v) is 2.40. The molecule has 0 saturated carbocycles. The van der Waals surface area contributed by atoms with Crippen molar-refractivity contribution in [2.75, 3.05) is 6.54 Å². The number of para-hydroxylation sites is 1. The Bertz CT molecular complexity index is 456. The highest BCUT2D eigenvalue weighted by Crippen LogP contribution is 2.18. The molecule has 0 aliphatic heterocycles. The molecule has 15 heavy (non-hydrogen) atoms. The molecule has 78 valence electrons. The van der Waals surface area contributed by atoms with Crippen LogP contribution in [0.1, 0.15) is 18.2 Å². The summed E-state index contributed by atoms with van der Waals surface area (Å²) in [5.74, 6) is 0. The number of pyridine rings is 1. The van der Waals surface area contributed by atoms with E-state index in [2.05, 4.69) is 4.98 Å². The van der Waals surface area contributed by atoms with Gasteiger partial charge in [0.15, 0.2) is 0 Å². The molecule has 2 rings (SSSR count). The van der Waals surface area contributed by atoms with Crippen molar-refractivity contribution >= 4 is 10.9 Å². The van der Waals surface area contributed by atoms with E-state index in [1.807, 2.05) is 36.4 Å². The van der Waals surface area contributed by atoms with Crippen LogP contribution in [-0.4, -0.2) is 16.6 Å². The fraction of sp³-hybridized carbons (Fsp3) is 0.250. The number of nitrogens with two attached hydrogens (primary N) is 1. The van der Waals surface area contributed by atoms with E-state index in [-0.39, 0.29) is 0 Å². The first-order valence-corrected chi connectivity index (χ1v) is 5.05. The lowest BCUT2D eigenvalue weighted by molar-refractivity contribution is 0.166. The molecule has 0 saturated heterocycles. The van der Waals surface area contributed by atoms with Crippen molar-refractivity contribution in [2.24, 2.45) is 5.73 Å². The third kappa shape index (κ3) is 2.14. The van der Waals surface area contributed by atoms with Crippen molar-refractivity contribution in [3.8, 4) is 0 Å². The average Bonchev–Trinajstić information content (AvgIpc) is 2.29. The predicted molar refractivity (Wildman–Crippen MR) is 60.4 cm³/mol. The van der Waals surface area contributed by atoms with Crippen LogP contribution in [0.2, 0.25) is 0 Å². The molecule has 1 heterocycles. The average molecular weight is 202 g/mol. The van der Waals surface area contributed by atoms with E-state index in [9.17, 15) is 5.11 Å². The van der Waals surface area contributed by atoms with Gasteiger partial charge in [-0.2, -0.15) is 0 Å². The van der Waals surface area contributed by atoms with Crippen molar-refractivity contribution in [1.29, 1.82) is 0 Å². The van der Waals surface area contributed by atoms with Crippen LogP contribution >= 0.6 is 0 Å². The van der Waals surface area contributed by atoms with E-state index in [0.29, 0.717) is 18.7 Å². The quantitative estimate of drug-likeness (QED) is 0.795. The normalized spacial score (nSPS) is 12.9. The minimum atomic E-state index is -0.556. The summed E-state index contributed by atoms with van der Waals surface area (Å²) in [6, 6.07) is 11.7. The van der Waals surface area contributed by atoms with E-state index in [1.54, 1.807) is 0 Å². The minimum absolute atomic E-state index is 0.468. The molecule has 3 nitrogen and oxygen atoms in total. The van der Waals surface area contributed by atoms with Crippen molar-refractivity contribution in [1.82, 2.24) is 4.98 Å². The van der Waals surface area contributed by atoms with Crippen LogP contribution in [0, 0.1) is 0 Å². The maximum Gasteiger partial charge on any atom is 0.0972 e. The van der Waals surface area contributed by atoms with Gasteiger partial charge in [0.25, 0.3) is 0 Å². The Kier molecular flexibility index (Phi) is 2.94. The summed E-state index contributed by atoms with van der Waals surface area (Å²) >= 11 is 0. The number of hydrogen-bond donors (Lipinski definition) is 2. The summed E-state index contributed by atoms with van der Waals surface area (Å²) in [6.45, 7) is 0.468. The summed E-state index contributed by atoms with van der Waals surface area (Å²) in [4.78, 5) is 4.39. The summed E-state index contributed by atoms with van der Waals surface area (Å²) in [7, 11) is 0. The Morgan fingerprint density at radius 2 is 2.00 bits per heavy atom. The smallest absolute Gasteiger partial charge is 0.0972 e. The van der Waals surface area contributed by atoms with Crippen LogP contribution in [0.4, 0.5) is 0 Å². The zero-order valence-electron chi connectivity index (χ0n) is 8.43. The molecule has 1 aromatic carbocycles. The molecule has 0 unspecified atom stereocenters. The summed E-state index contributed by atoms with van der Waals surface area (Å²) in [5, 5.41) is 10.8. The number of aliphatic hydroxyl groups is 1. The molecule has 1 atom stereocenters. The van der Waals surface area contributed by atoms with Gasteiger partial charge in [-0.15, -0.1) is 0 Å². The maximum atomic E-state index is 9.74. The summed E-state index contributed by atoms with van der Waals surface area (Å²) < 4.78 is 0. The highest BCUT2D eigenvalue weighted by atomic mass is 16.3. The topological polar surface area (TPSA) is 59.1 Å². The monoisotopic (exact) mass is 202 g/mol. The lowest BCUT2D eigenvalue weighted by Gasteiger charge is -2.09. The molecule has 0 aliphatic carbocycles. The van der Waals surface area contributed by atoms with E-state index in [4.69, 9.17) is 5.73 Å². The van der Waals surface area contributed by atoms with Crippen molar-refractivity contribution in [2.45, 2.75) is 12.5 Å². The molecule has 2 aromatic rings. The maximum absolute atomic E-state index is 9.74. The highest BCUT2D eigenvalue weighted by Gasteiger charge is 2.07. The first kappa shape index (κ1) is 10.1. The molecule has 1 aromatic heterocycles. The second kappa shape index (κ2) is 4.38. The molecule has 0 bridgehead atoms. The Labute approximate surface area is 88.6 Å². The van der Waals surface area contributed by atoms with E-state index >= 15 is 0 Å². The fourth-order valence-electron chi connectivity index (χ4n) is 1.57. The largest absolute Gasteiger partial charge is 0.387 e. The zero-order valence-corrected chi connectivity index (χ0v) is 8.43. The van der Waals surface area contributed by atoms with Crippen molar-refractivity contribution in [3.05, 3.63) is 42.1 Å². The van der Waals surface area contributed by atoms with Gasteiger partial charge in [-0.3, -0.25) is 4.98 Å². The molecular formula is C12H14N2O. The number of nitrogens with zero attached hydrogens (tertiary/aromatic N) is 1. The Balaban J connectivity index is 2.38. The van der Waals surface area contributed by atoms with E-state index in [0.717, 1.165) is 10.9 Å². The number of fused-ring (bicyclic) bond motifs is 1. The lowest BCUT2D eigenvalue weighted by atomic mass is 10.1. The first-order chi connectivity index (χ1) is 7.31. The summed E-state index contributed by atoms with van der Waals surface area (Å²) in [5.41, 5.74) is 6.99. The van der Waals surface area contributed by atoms with Gasteiger partial charge in [0.2, 0.25) is 0 Å². The number of aliphatic hydroxyl groups excluding tert-OH is 1. The summed E-state index contributed by atoms with van der Waals surface area (Å²) in [6.07, 6.45) is -0.00896. The molecule has 3 N–H and O–H groups in total. The van der Waals surface area contributed by atoms with Crippen molar-refractivity contribution < 1.29 is 5.11 Å². The van der Waals surface area contributed by atoms with Gasteiger partial charge in [-0.05, 0) is 25.1 Å². The predicted octanol–water partition coefficient (Wildman–Crippen LogP) is 1.62. The minimum Gasteiger partial charge on any atom is -0.387 e. The van der Waals surface area contributed by atoms with Gasteiger partial charge in [0.05, 0.1) is 17.3 Å². The zero-order chi connectivity index (χ0) is 10.7. The Morgan fingerprint density at radius 1 is 1.20 bits per heavy atom.